The van der Waals surface area contributed by atoms with Crippen molar-refractivity contribution in [1.82, 2.24) is 19.3 Å². The number of nitrogens with one attached hydrogen (secondary N) is 2. The van der Waals surface area contributed by atoms with E-state index in [0.717, 1.165) is 41.1 Å². The molecule has 1 saturated heterocycles. The van der Waals surface area contributed by atoms with Crippen LogP contribution in [0.3, 0.4) is 0 Å². The summed E-state index contributed by atoms with van der Waals surface area (Å²) in [5.41, 5.74) is 5.43. The molecule has 0 aliphatic carbocycles. The number of nitrogens with zero attached hydrogens (tertiary/aromatic N) is 3. The van der Waals surface area contributed by atoms with Gasteiger partial charge in [-0.1, -0.05) is 12.1 Å². The van der Waals surface area contributed by atoms with Gasteiger partial charge in [-0.3, -0.25) is 14.0 Å². The van der Waals surface area contributed by atoms with Crippen LogP contribution in [-0.4, -0.2) is 50.0 Å². The molecule has 0 saturated carbocycles. The van der Waals surface area contributed by atoms with Crippen LogP contribution in [0.2, 0.25) is 0 Å². The number of imidazole rings is 1. The number of H-pyrrole nitrogens is 1. The van der Waals surface area contributed by atoms with E-state index in [2.05, 4.69) is 39.6 Å². The second kappa shape index (κ2) is 8.91. The van der Waals surface area contributed by atoms with E-state index in [9.17, 15) is 9.59 Å². The number of hydrogen-bond acceptors (Lipinski definition) is 5. The van der Waals surface area contributed by atoms with Gasteiger partial charge < -0.3 is 20.3 Å². The maximum atomic E-state index is 11.7. The Kier molecular flexibility index (Phi) is 5.66. The van der Waals surface area contributed by atoms with E-state index in [1.54, 1.807) is 23.4 Å². The molecule has 168 valence electrons. The van der Waals surface area contributed by atoms with Crippen LogP contribution in [0, 0.1) is 0 Å². The highest BCUT2D eigenvalue weighted by molar-refractivity contribution is 5.78. The largest absolute Gasteiger partial charge is 0.387 e. The number of anilines is 2. The number of piperidine rings is 1. The van der Waals surface area contributed by atoms with E-state index in [4.69, 9.17) is 5.11 Å². The summed E-state index contributed by atoms with van der Waals surface area (Å²) in [5.74, 6) is 0.220. The average Bonchev–Trinajstić information content (AvgIpc) is 3.35. The molecule has 1 amide bonds. The lowest BCUT2D eigenvalue weighted by Gasteiger charge is -2.32. The highest BCUT2D eigenvalue weighted by Gasteiger charge is 2.23. The molecule has 0 unspecified atom stereocenters. The van der Waals surface area contributed by atoms with E-state index in [-0.39, 0.29) is 11.5 Å². The van der Waals surface area contributed by atoms with Crippen LogP contribution in [0.4, 0.5) is 11.4 Å². The molecule has 33 heavy (non-hydrogen) atoms. The average molecular weight is 444 g/mol. The van der Waals surface area contributed by atoms with Crippen molar-refractivity contribution in [3.8, 4) is 11.3 Å². The number of amides is 1. The topological polar surface area (TPSA) is 103 Å². The summed E-state index contributed by atoms with van der Waals surface area (Å²) in [6.07, 6.45) is 7.07. The molecule has 1 aliphatic heterocycles. The predicted octanol–water partition coefficient (Wildman–Crippen LogP) is 3.13. The Balaban J connectivity index is 1.33. The fourth-order valence-corrected chi connectivity index (χ4v) is 4.51. The Labute approximate surface area is 190 Å². The number of aliphatic hydroxyl groups excluding tert-OH is 1. The highest BCUT2D eigenvalue weighted by Crippen LogP contribution is 2.31. The van der Waals surface area contributed by atoms with Crippen molar-refractivity contribution < 1.29 is 9.90 Å². The molecule has 1 fully saturated rings. The first-order chi connectivity index (χ1) is 16.1. The molecule has 4 heterocycles. The van der Waals surface area contributed by atoms with Crippen molar-refractivity contribution in [3.63, 3.8) is 0 Å². The molecule has 8 nitrogen and oxygen atoms in total. The first-order valence-corrected chi connectivity index (χ1v) is 11.0. The highest BCUT2D eigenvalue weighted by atomic mass is 16.3. The summed E-state index contributed by atoms with van der Waals surface area (Å²) < 4.78 is 1.97. The zero-order valence-electron chi connectivity index (χ0n) is 18.1. The molecule has 0 spiro atoms. The molecule has 0 bridgehead atoms. The second-order valence-corrected chi connectivity index (χ2v) is 8.25. The molecule has 3 N–H and O–H groups in total. The summed E-state index contributed by atoms with van der Waals surface area (Å²) >= 11 is 0. The smallest absolute Gasteiger partial charge is 0.248 e. The van der Waals surface area contributed by atoms with Crippen molar-refractivity contribution in [2.24, 2.45) is 0 Å². The lowest BCUT2D eigenvalue weighted by Crippen LogP contribution is -2.39. The molecule has 0 radical (unpaired) electrons. The number of pyridine rings is 2. The van der Waals surface area contributed by atoms with Gasteiger partial charge in [0.05, 0.1) is 11.4 Å². The predicted molar refractivity (Wildman–Crippen MR) is 127 cm³/mol. The Hall–Kier alpha value is -3.91. The molecule has 4 aromatic rings. The minimum atomic E-state index is -0.417. The third kappa shape index (κ3) is 4.25. The number of likely N-dealkylation sites (tertiary alicyclic amines) is 1. The number of aliphatic hydroxyl groups is 1. The number of rotatable bonds is 5. The second-order valence-electron chi connectivity index (χ2n) is 8.25. The van der Waals surface area contributed by atoms with Gasteiger partial charge in [0.25, 0.3) is 0 Å². The summed E-state index contributed by atoms with van der Waals surface area (Å²) in [5, 5.41) is 12.5. The number of carbonyl (C=O) groups excluding carboxylic acids is 1. The van der Waals surface area contributed by atoms with Crippen molar-refractivity contribution in [2.45, 2.75) is 18.8 Å². The summed E-state index contributed by atoms with van der Waals surface area (Å²) in [6.45, 7) is 0.947. The zero-order valence-corrected chi connectivity index (χ0v) is 18.1. The fraction of sp³-hybridized carbons (Fsp3) is 0.240. The zero-order chi connectivity index (χ0) is 22.8. The molecule has 1 aromatic carbocycles. The normalized spacial score (nSPS) is 14.5. The molecular formula is C25H25N5O3. The number of aromatic amines is 1. The molecule has 5 rings (SSSR count). The monoisotopic (exact) mass is 443 g/mol. The Morgan fingerprint density at radius 1 is 1.12 bits per heavy atom. The standard InChI is InChI=1S/C25H25N5O3/c31-16-24(33)29-12-8-18(9-13-29)17-1-3-20(4-2-17)28-21-5-6-22(30-14-11-27-25(21)30)19-7-10-26-23(32)15-19/h1-7,10-11,14-15,18,28,31H,8-9,12-13,16H2,(H,26,32). The molecule has 1 aliphatic rings. The lowest BCUT2D eigenvalue weighted by atomic mass is 9.89. The van der Waals surface area contributed by atoms with E-state index >= 15 is 0 Å². The van der Waals surface area contributed by atoms with Gasteiger partial charge in [0.2, 0.25) is 11.5 Å². The van der Waals surface area contributed by atoms with E-state index < -0.39 is 6.61 Å². The quantitative estimate of drug-likeness (QED) is 0.440. The van der Waals surface area contributed by atoms with Crippen LogP contribution in [0.25, 0.3) is 16.9 Å². The van der Waals surface area contributed by atoms with Crippen molar-refractivity contribution >= 4 is 22.9 Å². The van der Waals surface area contributed by atoms with E-state index in [1.807, 2.05) is 28.8 Å². The Bertz CT molecular complexity index is 1330. The maximum Gasteiger partial charge on any atom is 0.248 e. The summed E-state index contributed by atoms with van der Waals surface area (Å²) in [6, 6.07) is 15.8. The number of carbonyl (C=O) groups is 1. The van der Waals surface area contributed by atoms with E-state index in [0.29, 0.717) is 19.0 Å². The van der Waals surface area contributed by atoms with E-state index in [1.165, 1.54) is 5.56 Å². The number of aromatic nitrogens is 3. The van der Waals surface area contributed by atoms with Crippen LogP contribution in [0.15, 0.2) is 71.9 Å². The molecule has 3 aromatic heterocycles. The van der Waals surface area contributed by atoms with Crippen molar-refractivity contribution in [2.75, 3.05) is 25.0 Å². The van der Waals surface area contributed by atoms with Gasteiger partial charge in [0, 0.05) is 49.0 Å². The van der Waals surface area contributed by atoms with Gasteiger partial charge in [-0.25, -0.2) is 4.98 Å². The maximum absolute atomic E-state index is 11.7. The van der Waals surface area contributed by atoms with Crippen LogP contribution in [0.5, 0.6) is 0 Å². The van der Waals surface area contributed by atoms with Crippen molar-refractivity contribution in [3.05, 3.63) is 83.0 Å². The van der Waals surface area contributed by atoms with Crippen LogP contribution in [-0.2, 0) is 4.79 Å². The van der Waals surface area contributed by atoms with Gasteiger partial charge in [-0.2, -0.15) is 0 Å². The number of fused-ring (bicyclic) bond motifs is 1. The van der Waals surface area contributed by atoms with Crippen LogP contribution >= 0.6 is 0 Å². The first-order valence-electron chi connectivity index (χ1n) is 11.0. The van der Waals surface area contributed by atoms with Gasteiger partial charge in [0.1, 0.15) is 6.61 Å². The lowest BCUT2D eigenvalue weighted by molar-refractivity contribution is -0.135. The van der Waals surface area contributed by atoms with Crippen LogP contribution < -0.4 is 10.9 Å². The molecule has 0 atom stereocenters. The minimum absolute atomic E-state index is 0.145. The van der Waals surface area contributed by atoms with Crippen molar-refractivity contribution in [1.29, 1.82) is 0 Å². The summed E-state index contributed by atoms with van der Waals surface area (Å²) in [7, 11) is 0. The fourth-order valence-electron chi connectivity index (χ4n) is 4.51. The first kappa shape index (κ1) is 21.0. The van der Waals surface area contributed by atoms with Gasteiger partial charge >= 0.3 is 0 Å². The molecule has 8 heteroatoms. The third-order valence-electron chi connectivity index (χ3n) is 6.26. The van der Waals surface area contributed by atoms with Gasteiger partial charge in [-0.05, 0) is 54.7 Å². The number of hydrogen-bond donors (Lipinski definition) is 3. The third-order valence-corrected chi connectivity index (χ3v) is 6.26. The van der Waals surface area contributed by atoms with Crippen LogP contribution in [0.1, 0.15) is 24.3 Å². The SMILES string of the molecule is O=C(CO)N1CCC(c2ccc(Nc3ccc(-c4cc[nH]c(=O)c4)n4ccnc34)cc2)CC1. The summed E-state index contributed by atoms with van der Waals surface area (Å²) in [4.78, 5) is 32.3. The molecular weight excluding hydrogens is 418 g/mol. The minimum Gasteiger partial charge on any atom is -0.387 e. The Morgan fingerprint density at radius 2 is 1.91 bits per heavy atom. The van der Waals surface area contributed by atoms with Gasteiger partial charge in [0.15, 0.2) is 5.65 Å². The van der Waals surface area contributed by atoms with Gasteiger partial charge in [-0.15, -0.1) is 0 Å². The Morgan fingerprint density at radius 3 is 2.64 bits per heavy atom. The number of benzene rings is 1.